The Kier molecular flexibility index (Phi) is 5.01. The zero-order chi connectivity index (χ0) is 18.7. The third-order valence-corrected chi connectivity index (χ3v) is 4.49. The molecule has 0 spiro atoms. The lowest BCUT2D eigenvalue weighted by Gasteiger charge is -2.34. The fourth-order valence-electron chi connectivity index (χ4n) is 2.92. The van der Waals surface area contributed by atoms with E-state index < -0.39 is 0 Å². The lowest BCUT2D eigenvalue weighted by molar-refractivity contribution is -0.129. The van der Waals surface area contributed by atoms with Crippen LogP contribution in [0.5, 0.6) is 5.75 Å². The zero-order valence-corrected chi connectivity index (χ0v) is 14.9. The standard InChI is InChI=1S/C18H22N6O2/c1-12(25)23-5-7-24(8-6-23)17-10-16(21-11-22-17)18(20)14-9-13(26-2)3-4-15(14)19/h3-4,9-11,20H,5-8,19H2,1-2H3. The average molecular weight is 354 g/mol. The SMILES string of the molecule is COc1ccc(N)c(C(=N)c2cc(N3CCN(C(C)=O)CC3)ncn2)c1. The third kappa shape index (κ3) is 3.58. The highest BCUT2D eigenvalue weighted by Crippen LogP contribution is 2.23. The van der Waals surface area contributed by atoms with E-state index in [-0.39, 0.29) is 11.6 Å². The van der Waals surface area contributed by atoms with Gasteiger partial charge >= 0.3 is 0 Å². The number of hydrogen-bond acceptors (Lipinski definition) is 7. The van der Waals surface area contributed by atoms with E-state index in [0.717, 1.165) is 5.82 Å². The van der Waals surface area contributed by atoms with Gasteiger partial charge in [-0.1, -0.05) is 0 Å². The number of carbonyl (C=O) groups is 1. The first kappa shape index (κ1) is 17.7. The number of carbonyl (C=O) groups excluding carboxylic acids is 1. The number of amides is 1. The Labute approximate surface area is 152 Å². The van der Waals surface area contributed by atoms with Crippen LogP contribution in [0.2, 0.25) is 0 Å². The normalized spacial score (nSPS) is 14.2. The summed E-state index contributed by atoms with van der Waals surface area (Å²) in [6.07, 6.45) is 1.45. The molecule has 1 aliphatic heterocycles. The summed E-state index contributed by atoms with van der Waals surface area (Å²) >= 11 is 0. The number of rotatable bonds is 4. The number of anilines is 2. The summed E-state index contributed by atoms with van der Waals surface area (Å²) in [5.41, 5.74) is 7.78. The number of hydrogen-bond donors (Lipinski definition) is 2. The molecule has 0 aliphatic carbocycles. The van der Waals surface area contributed by atoms with Crippen LogP contribution in [0.15, 0.2) is 30.6 Å². The van der Waals surface area contributed by atoms with Crippen LogP contribution in [0.4, 0.5) is 11.5 Å². The highest BCUT2D eigenvalue weighted by Gasteiger charge is 2.20. The van der Waals surface area contributed by atoms with Crippen LogP contribution < -0.4 is 15.4 Å². The van der Waals surface area contributed by atoms with Gasteiger partial charge in [0.05, 0.1) is 18.5 Å². The summed E-state index contributed by atoms with van der Waals surface area (Å²) in [5.74, 6) is 1.46. The summed E-state index contributed by atoms with van der Waals surface area (Å²) in [4.78, 5) is 23.9. The third-order valence-electron chi connectivity index (χ3n) is 4.49. The van der Waals surface area contributed by atoms with E-state index >= 15 is 0 Å². The second kappa shape index (κ2) is 7.38. The predicted molar refractivity (Wildman–Crippen MR) is 99.8 cm³/mol. The van der Waals surface area contributed by atoms with Crippen molar-refractivity contribution in [1.82, 2.24) is 14.9 Å². The molecule has 1 aliphatic rings. The van der Waals surface area contributed by atoms with Crippen LogP contribution in [-0.4, -0.2) is 59.8 Å². The maximum Gasteiger partial charge on any atom is 0.219 e. The summed E-state index contributed by atoms with van der Waals surface area (Å²) in [6.45, 7) is 4.30. The van der Waals surface area contributed by atoms with E-state index in [1.807, 2.05) is 4.90 Å². The summed E-state index contributed by atoms with van der Waals surface area (Å²) in [7, 11) is 1.57. The predicted octanol–water partition coefficient (Wildman–Crippen LogP) is 1.15. The van der Waals surface area contributed by atoms with E-state index in [4.69, 9.17) is 15.9 Å². The quantitative estimate of drug-likeness (QED) is 0.630. The van der Waals surface area contributed by atoms with E-state index in [9.17, 15) is 4.79 Å². The van der Waals surface area contributed by atoms with Gasteiger partial charge in [0.2, 0.25) is 5.91 Å². The minimum absolute atomic E-state index is 0.0864. The number of benzene rings is 1. The minimum atomic E-state index is 0.0864. The Morgan fingerprint density at radius 3 is 2.58 bits per heavy atom. The number of methoxy groups -OCH3 is 1. The minimum Gasteiger partial charge on any atom is -0.497 e. The van der Waals surface area contributed by atoms with Crippen LogP contribution in [0.3, 0.4) is 0 Å². The van der Waals surface area contributed by atoms with Crippen molar-refractivity contribution in [3.63, 3.8) is 0 Å². The van der Waals surface area contributed by atoms with Gasteiger partial charge in [0.15, 0.2) is 0 Å². The zero-order valence-electron chi connectivity index (χ0n) is 14.9. The first-order valence-corrected chi connectivity index (χ1v) is 8.35. The second-order valence-corrected chi connectivity index (χ2v) is 6.08. The molecule has 0 saturated carbocycles. The molecule has 1 saturated heterocycles. The van der Waals surface area contributed by atoms with Gasteiger partial charge in [-0.2, -0.15) is 0 Å². The molecular weight excluding hydrogens is 332 g/mol. The van der Waals surface area contributed by atoms with E-state index in [0.29, 0.717) is 48.9 Å². The number of ether oxygens (including phenoxy) is 1. The van der Waals surface area contributed by atoms with Crippen molar-refractivity contribution in [3.05, 3.63) is 41.9 Å². The van der Waals surface area contributed by atoms with E-state index in [1.165, 1.54) is 6.33 Å². The summed E-state index contributed by atoms with van der Waals surface area (Å²) in [5, 5.41) is 8.49. The van der Waals surface area contributed by atoms with Crippen molar-refractivity contribution < 1.29 is 9.53 Å². The van der Waals surface area contributed by atoms with Gasteiger partial charge in [-0.15, -0.1) is 0 Å². The largest absolute Gasteiger partial charge is 0.497 e. The van der Waals surface area contributed by atoms with Crippen molar-refractivity contribution in [1.29, 1.82) is 5.41 Å². The number of nitrogens with one attached hydrogen (secondary N) is 1. The molecule has 8 nitrogen and oxygen atoms in total. The average Bonchev–Trinajstić information content (AvgIpc) is 2.68. The molecule has 0 bridgehead atoms. The van der Waals surface area contributed by atoms with Crippen LogP contribution in [-0.2, 0) is 4.79 Å². The molecule has 0 atom stereocenters. The van der Waals surface area contributed by atoms with Gasteiger partial charge in [-0.3, -0.25) is 10.2 Å². The van der Waals surface area contributed by atoms with Gasteiger partial charge in [0.1, 0.15) is 17.9 Å². The van der Waals surface area contributed by atoms with Gasteiger partial charge < -0.3 is 20.3 Å². The lowest BCUT2D eigenvalue weighted by Crippen LogP contribution is -2.48. The summed E-state index contributed by atoms with van der Waals surface area (Å²) < 4.78 is 5.22. The highest BCUT2D eigenvalue weighted by atomic mass is 16.5. The monoisotopic (exact) mass is 354 g/mol. The highest BCUT2D eigenvalue weighted by molar-refractivity contribution is 6.13. The molecule has 1 aromatic heterocycles. The molecule has 8 heteroatoms. The van der Waals surface area contributed by atoms with Crippen molar-refractivity contribution in [2.45, 2.75) is 6.92 Å². The smallest absolute Gasteiger partial charge is 0.219 e. The molecule has 3 N–H and O–H groups in total. The van der Waals surface area contributed by atoms with Crippen molar-refractivity contribution in [2.75, 3.05) is 43.9 Å². The van der Waals surface area contributed by atoms with E-state index in [1.54, 1.807) is 38.3 Å². The first-order valence-electron chi connectivity index (χ1n) is 8.35. The van der Waals surface area contributed by atoms with Gasteiger partial charge in [-0.25, -0.2) is 9.97 Å². The van der Waals surface area contributed by atoms with Crippen LogP contribution >= 0.6 is 0 Å². The molecule has 3 rings (SSSR count). The number of nitrogen functional groups attached to an aromatic ring is 1. The van der Waals surface area contributed by atoms with Gasteiger partial charge in [-0.05, 0) is 18.2 Å². The molecule has 0 unspecified atom stereocenters. The number of piperazine rings is 1. The first-order chi connectivity index (χ1) is 12.5. The maximum atomic E-state index is 11.5. The Balaban J connectivity index is 1.81. The maximum absolute atomic E-state index is 11.5. The molecule has 26 heavy (non-hydrogen) atoms. The molecule has 1 amide bonds. The molecule has 136 valence electrons. The number of aromatic nitrogens is 2. The molecular formula is C18H22N6O2. The van der Waals surface area contributed by atoms with Gasteiger partial charge in [0.25, 0.3) is 0 Å². The van der Waals surface area contributed by atoms with Gasteiger partial charge in [0, 0.05) is 50.4 Å². The molecule has 2 aromatic rings. The Morgan fingerprint density at radius 1 is 1.19 bits per heavy atom. The lowest BCUT2D eigenvalue weighted by atomic mass is 10.0. The van der Waals surface area contributed by atoms with Crippen molar-refractivity contribution in [2.24, 2.45) is 0 Å². The van der Waals surface area contributed by atoms with Crippen molar-refractivity contribution in [3.8, 4) is 5.75 Å². The van der Waals surface area contributed by atoms with E-state index in [2.05, 4.69) is 14.9 Å². The van der Waals surface area contributed by atoms with Crippen molar-refractivity contribution >= 4 is 23.1 Å². The van der Waals surface area contributed by atoms with Crippen LogP contribution in [0, 0.1) is 5.41 Å². The Bertz CT molecular complexity index is 830. The molecule has 0 radical (unpaired) electrons. The number of nitrogens with two attached hydrogens (primary N) is 1. The molecule has 1 aromatic carbocycles. The fourth-order valence-corrected chi connectivity index (χ4v) is 2.92. The molecule has 1 fully saturated rings. The fraction of sp³-hybridized carbons (Fsp3) is 0.333. The van der Waals surface area contributed by atoms with Crippen LogP contribution in [0.1, 0.15) is 18.2 Å². The Morgan fingerprint density at radius 2 is 1.92 bits per heavy atom. The topological polar surface area (TPSA) is 108 Å². The number of nitrogens with zero attached hydrogens (tertiary/aromatic N) is 4. The van der Waals surface area contributed by atoms with Crippen LogP contribution in [0.25, 0.3) is 0 Å². The summed E-state index contributed by atoms with van der Waals surface area (Å²) in [6, 6.07) is 6.98. The molecule has 2 heterocycles. The Hall–Kier alpha value is -3.16. The second-order valence-electron chi connectivity index (χ2n) is 6.08.